The van der Waals surface area contributed by atoms with E-state index < -0.39 is 0 Å². The molecular formula is C50H30O2. The van der Waals surface area contributed by atoms with Crippen molar-refractivity contribution in [1.82, 2.24) is 0 Å². The molecule has 0 radical (unpaired) electrons. The molecule has 0 saturated heterocycles. The monoisotopic (exact) mass is 662 g/mol. The fourth-order valence-corrected chi connectivity index (χ4v) is 8.41. The Hall–Kier alpha value is -6.90. The third-order valence-corrected chi connectivity index (χ3v) is 10.7. The summed E-state index contributed by atoms with van der Waals surface area (Å²) in [6.45, 7) is 0. The van der Waals surface area contributed by atoms with Crippen molar-refractivity contribution >= 4 is 65.4 Å². The molecule has 0 unspecified atom stereocenters. The molecule has 0 amide bonds. The lowest BCUT2D eigenvalue weighted by atomic mass is 9.80. The first-order valence-electron chi connectivity index (χ1n) is 17.8. The zero-order valence-electron chi connectivity index (χ0n) is 28.1. The zero-order chi connectivity index (χ0) is 34.2. The van der Waals surface area contributed by atoms with Crippen molar-refractivity contribution in [2.24, 2.45) is 0 Å². The van der Waals surface area contributed by atoms with E-state index in [4.69, 9.17) is 8.83 Å². The molecule has 0 spiro atoms. The van der Waals surface area contributed by atoms with Gasteiger partial charge in [-0.2, -0.15) is 0 Å². The first kappa shape index (κ1) is 28.9. The van der Waals surface area contributed by atoms with E-state index >= 15 is 0 Å². The minimum Gasteiger partial charge on any atom is -0.456 e. The SMILES string of the molecule is c1ccc(-c2cccc3c(-c4ccc5oc6ccccc6c5c4)c4c(-c5ccccc5)cccc4c(-c4ccc5oc6ccccc6c5c4)c23)cc1. The Morgan fingerprint density at radius 2 is 0.635 bits per heavy atom. The van der Waals surface area contributed by atoms with Gasteiger partial charge in [-0.3, -0.25) is 0 Å². The van der Waals surface area contributed by atoms with Gasteiger partial charge in [0.05, 0.1) is 0 Å². The van der Waals surface area contributed by atoms with Gasteiger partial charge in [-0.25, -0.2) is 0 Å². The summed E-state index contributed by atoms with van der Waals surface area (Å²) in [5.74, 6) is 0. The Bertz CT molecular complexity index is 2950. The number of furan rings is 2. The molecule has 2 heteroatoms. The molecule has 52 heavy (non-hydrogen) atoms. The maximum atomic E-state index is 6.32. The molecule has 9 aromatic carbocycles. The zero-order valence-corrected chi connectivity index (χ0v) is 28.1. The number of benzene rings is 9. The van der Waals surface area contributed by atoms with Gasteiger partial charge in [0, 0.05) is 21.5 Å². The van der Waals surface area contributed by atoms with E-state index in [9.17, 15) is 0 Å². The lowest BCUT2D eigenvalue weighted by molar-refractivity contribution is 0.668. The van der Waals surface area contributed by atoms with Crippen LogP contribution in [-0.2, 0) is 0 Å². The highest BCUT2D eigenvalue weighted by atomic mass is 16.3. The van der Waals surface area contributed by atoms with E-state index in [-0.39, 0.29) is 0 Å². The van der Waals surface area contributed by atoms with Gasteiger partial charge in [-0.05, 0) is 102 Å². The number of hydrogen-bond acceptors (Lipinski definition) is 2. The Morgan fingerprint density at radius 3 is 1.10 bits per heavy atom. The first-order chi connectivity index (χ1) is 25.8. The van der Waals surface area contributed by atoms with Crippen LogP contribution in [0.1, 0.15) is 0 Å². The van der Waals surface area contributed by atoms with E-state index in [0.717, 1.165) is 55.0 Å². The summed E-state index contributed by atoms with van der Waals surface area (Å²) in [6.07, 6.45) is 0. The molecule has 0 atom stereocenters. The van der Waals surface area contributed by atoms with Crippen LogP contribution in [-0.4, -0.2) is 0 Å². The van der Waals surface area contributed by atoms with Crippen LogP contribution >= 0.6 is 0 Å². The predicted molar refractivity (Wildman–Crippen MR) is 218 cm³/mol. The van der Waals surface area contributed by atoms with Crippen molar-refractivity contribution in [3.63, 3.8) is 0 Å². The summed E-state index contributed by atoms with van der Waals surface area (Å²) in [6, 6.07) is 65.2. The summed E-state index contributed by atoms with van der Waals surface area (Å²) in [7, 11) is 0. The van der Waals surface area contributed by atoms with Gasteiger partial charge in [0.2, 0.25) is 0 Å². The summed E-state index contributed by atoms with van der Waals surface area (Å²) in [5.41, 5.74) is 13.1. The molecule has 0 N–H and O–H groups in total. The lowest BCUT2D eigenvalue weighted by Crippen LogP contribution is -1.95. The fourth-order valence-electron chi connectivity index (χ4n) is 8.41. The van der Waals surface area contributed by atoms with Crippen LogP contribution in [0.15, 0.2) is 191 Å². The van der Waals surface area contributed by atoms with E-state index in [0.29, 0.717) is 0 Å². The lowest BCUT2D eigenvalue weighted by Gasteiger charge is -2.22. The Balaban J connectivity index is 1.35. The van der Waals surface area contributed by atoms with Crippen LogP contribution in [0.2, 0.25) is 0 Å². The number of para-hydroxylation sites is 2. The highest BCUT2D eigenvalue weighted by molar-refractivity contribution is 6.28. The average Bonchev–Trinajstić information content (AvgIpc) is 3.78. The third kappa shape index (κ3) is 4.31. The summed E-state index contributed by atoms with van der Waals surface area (Å²) >= 11 is 0. The van der Waals surface area contributed by atoms with E-state index in [2.05, 4.69) is 158 Å². The fraction of sp³-hybridized carbons (Fsp3) is 0. The molecule has 11 rings (SSSR count). The van der Waals surface area contributed by atoms with Gasteiger partial charge < -0.3 is 8.83 Å². The number of hydrogen-bond donors (Lipinski definition) is 0. The van der Waals surface area contributed by atoms with Crippen molar-refractivity contribution in [3.05, 3.63) is 182 Å². The summed E-state index contributed by atoms with van der Waals surface area (Å²) in [5, 5.41) is 9.35. The molecule has 242 valence electrons. The predicted octanol–water partition coefficient (Wildman–Crippen LogP) is 14.5. The van der Waals surface area contributed by atoms with Gasteiger partial charge in [0.25, 0.3) is 0 Å². The molecule has 0 fully saturated rings. The molecule has 0 aliphatic rings. The van der Waals surface area contributed by atoms with Gasteiger partial charge in [0.15, 0.2) is 0 Å². The maximum absolute atomic E-state index is 6.32. The van der Waals surface area contributed by atoms with Crippen molar-refractivity contribution in [3.8, 4) is 44.5 Å². The topological polar surface area (TPSA) is 26.3 Å². The maximum Gasteiger partial charge on any atom is 0.135 e. The average molecular weight is 663 g/mol. The van der Waals surface area contributed by atoms with Crippen LogP contribution in [0, 0.1) is 0 Å². The number of fused-ring (bicyclic) bond motifs is 8. The third-order valence-electron chi connectivity index (χ3n) is 10.7. The highest BCUT2D eigenvalue weighted by Gasteiger charge is 2.23. The van der Waals surface area contributed by atoms with Crippen LogP contribution in [0.5, 0.6) is 0 Å². The second-order valence-corrected chi connectivity index (χ2v) is 13.6. The minimum absolute atomic E-state index is 0.893. The van der Waals surface area contributed by atoms with Gasteiger partial charge in [0.1, 0.15) is 22.3 Å². The second kappa shape index (κ2) is 11.3. The van der Waals surface area contributed by atoms with E-state index in [1.54, 1.807) is 0 Å². The Morgan fingerprint density at radius 1 is 0.250 bits per heavy atom. The quantitative estimate of drug-likeness (QED) is 0.175. The van der Waals surface area contributed by atoms with Gasteiger partial charge >= 0.3 is 0 Å². The summed E-state index contributed by atoms with van der Waals surface area (Å²) < 4.78 is 12.6. The summed E-state index contributed by atoms with van der Waals surface area (Å²) in [4.78, 5) is 0. The van der Waals surface area contributed by atoms with Crippen LogP contribution < -0.4 is 0 Å². The van der Waals surface area contributed by atoms with E-state index in [1.165, 1.54) is 54.9 Å². The molecular weight excluding hydrogens is 633 g/mol. The normalized spacial score (nSPS) is 11.8. The van der Waals surface area contributed by atoms with Crippen molar-refractivity contribution in [1.29, 1.82) is 0 Å². The molecule has 2 nitrogen and oxygen atoms in total. The van der Waals surface area contributed by atoms with Crippen molar-refractivity contribution in [2.45, 2.75) is 0 Å². The molecule has 11 aromatic rings. The Kier molecular flexibility index (Phi) is 6.28. The van der Waals surface area contributed by atoms with Crippen LogP contribution in [0.4, 0.5) is 0 Å². The molecule has 2 aromatic heterocycles. The number of rotatable bonds is 4. The molecule has 0 aliphatic heterocycles. The molecule has 2 heterocycles. The second-order valence-electron chi connectivity index (χ2n) is 13.6. The van der Waals surface area contributed by atoms with Gasteiger partial charge in [-0.1, -0.05) is 146 Å². The smallest absolute Gasteiger partial charge is 0.135 e. The molecule has 0 saturated carbocycles. The first-order valence-corrected chi connectivity index (χ1v) is 17.8. The Labute approximate surface area is 299 Å². The van der Waals surface area contributed by atoms with Crippen LogP contribution in [0.25, 0.3) is 110 Å². The highest BCUT2D eigenvalue weighted by Crippen LogP contribution is 2.50. The molecule has 0 aliphatic carbocycles. The van der Waals surface area contributed by atoms with E-state index in [1.807, 2.05) is 24.3 Å². The largest absolute Gasteiger partial charge is 0.456 e. The van der Waals surface area contributed by atoms with Gasteiger partial charge in [-0.15, -0.1) is 0 Å². The van der Waals surface area contributed by atoms with Crippen molar-refractivity contribution < 1.29 is 8.83 Å². The minimum atomic E-state index is 0.893. The standard InChI is InChI=1S/C50H30O2/c1-3-13-31(14-4-1)35-19-11-21-39-48(34-26-28-46-42(30-34)38-18-8-10-24-44(38)52-46)50-36(32-15-5-2-6-16-32)20-12-22-40(50)47(49(35)39)33-25-27-45-41(29-33)37-17-7-9-23-43(37)51-45/h1-30H. The van der Waals surface area contributed by atoms with Crippen molar-refractivity contribution in [2.75, 3.05) is 0 Å². The van der Waals surface area contributed by atoms with Crippen LogP contribution in [0.3, 0.4) is 0 Å². The molecule has 0 bridgehead atoms.